The summed E-state index contributed by atoms with van der Waals surface area (Å²) in [7, 11) is -1.90. The summed E-state index contributed by atoms with van der Waals surface area (Å²) >= 11 is 2.56. The van der Waals surface area contributed by atoms with Crippen molar-refractivity contribution >= 4 is 42.8 Å². The summed E-state index contributed by atoms with van der Waals surface area (Å²) in [6.07, 6.45) is 1.78. The van der Waals surface area contributed by atoms with Crippen molar-refractivity contribution in [1.29, 1.82) is 0 Å². The molecule has 1 aromatic carbocycles. The molecule has 4 aromatic rings. The molecule has 0 saturated carbocycles. The van der Waals surface area contributed by atoms with Gasteiger partial charge in [0.25, 0.3) is 10.0 Å². The van der Waals surface area contributed by atoms with Gasteiger partial charge in [0.2, 0.25) is 10.1 Å². The topological polar surface area (TPSA) is 79.6 Å². The molecule has 0 saturated heterocycles. The molecule has 3 heterocycles. The number of likely N-dealkylation sites (N-methyl/N-ethyl adjacent to an activating group) is 1. The van der Waals surface area contributed by atoms with Crippen LogP contribution in [-0.2, 0) is 10.0 Å². The summed E-state index contributed by atoms with van der Waals surface area (Å²) in [5, 5.41) is 9.93. The van der Waals surface area contributed by atoms with Crippen molar-refractivity contribution in [2.45, 2.75) is 4.21 Å². The predicted octanol–water partition coefficient (Wildman–Crippen LogP) is 3.39. The minimum absolute atomic E-state index is 0.291. The molecule has 0 atom stereocenters. The zero-order valence-corrected chi connectivity index (χ0v) is 17.2. The molecule has 0 aliphatic rings. The van der Waals surface area contributed by atoms with Gasteiger partial charge in [-0.15, -0.1) is 16.4 Å². The Bertz CT molecular complexity index is 1150. The van der Waals surface area contributed by atoms with E-state index in [1.165, 1.54) is 39.1 Å². The van der Waals surface area contributed by atoms with Crippen LogP contribution < -0.4 is 5.32 Å². The largest absolute Gasteiger partial charge is 0.359 e. The molecule has 28 heavy (non-hydrogen) atoms. The molecule has 3 aromatic heterocycles. The maximum atomic E-state index is 13.0. The molecule has 0 aliphatic heterocycles. The van der Waals surface area contributed by atoms with E-state index in [0.29, 0.717) is 33.1 Å². The van der Waals surface area contributed by atoms with Gasteiger partial charge in [-0.1, -0.05) is 17.4 Å². The van der Waals surface area contributed by atoms with E-state index in [-0.39, 0.29) is 5.82 Å². The third kappa shape index (κ3) is 3.78. The lowest BCUT2D eigenvalue weighted by atomic mass is 10.2. The summed E-state index contributed by atoms with van der Waals surface area (Å²) in [4.78, 5) is 5.20. The maximum Gasteiger partial charge on any atom is 0.252 e. The third-order valence-corrected chi connectivity index (χ3v) is 8.16. The Balaban J connectivity index is 1.39. The number of hydrogen-bond acceptors (Lipinski definition) is 7. The van der Waals surface area contributed by atoms with Crippen molar-refractivity contribution in [3.05, 3.63) is 53.8 Å². The molecule has 0 spiro atoms. The number of nitrogens with zero attached hydrogens (tertiary/aromatic N) is 4. The van der Waals surface area contributed by atoms with E-state index >= 15 is 0 Å². The monoisotopic (exact) mass is 437 g/mol. The molecule has 7 nitrogen and oxygen atoms in total. The Morgan fingerprint density at radius 1 is 1.25 bits per heavy atom. The van der Waals surface area contributed by atoms with Crippen LogP contribution in [0.5, 0.6) is 0 Å². The molecule has 0 aliphatic carbocycles. The van der Waals surface area contributed by atoms with Crippen LogP contribution in [0.4, 0.5) is 9.52 Å². The Hall–Kier alpha value is -2.34. The van der Waals surface area contributed by atoms with E-state index in [1.54, 1.807) is 47.4 Å². The van der Waals surface area contributed by atoms with Crippen molar-refractivity contribution in [3.63, 3.8) is 0 Å². The molecule has 146 valence electrons. The molecule has 1 N–H and O–H groups in total. The third-order valence-electron chi connectivity index (χ3n) is 4.05. The molecule has 0 bridgehead atoms. The van der Waals surface area contributed by atoms with E-state index in [2.05, 4.69) is 15.4 Å². The first-order valence-electron chi connectivity index (χ1n) is 8.29. The normalized spacial score (nSPS) is 12.1. The summed E-state index contributed by atoms with van der Waals surface area (Å²) in [6.45, 7) is 0.728. The molecule has 0 amide bonds. The van der Waals surface area contributed by atoms with E-state index in [4.69, 9.17) is 0 Å². The number of fused-ring (bicyclic) bond motifs is 1. The second-order valence-electron chi connectivity index (χ2n) is 5.95. The van der Waals surface area contributed by atoms with Gasteiger partial charge in [0.15, 0.2) is 0 Å². The van der Waals surface area contributed by atoms with Gasteiger partial charge in [-0.05, 0) is 35.7 Å². The van der Waals surface area contributed by atoms with Crippen molar-refractivity contribution in [1.82, 2.24) is 18.9 Å². The SMILES string of the molecule is CN(CCNc1nn2cc(-c3ccc(F)cc3)nc2s1)S(=O)(=O)c1cccs1. The van der Waals surface area contributed by atoms with Crippen LogP contribution in [0.2, 0.25) is 0 Å². The summed E-state index contributed by atoms with van der Waals surface area (Å²) in [6, 6.07) is 9.44. The molecule has 0 unspecified atom stereocenters. The average Bonchev–Trinajstić information content (AvgIpc) is 3.38. The van der Waals surface area contributed by atoms with Crippen LogP contribution >= 0.6 is 22.7 Å². The lowest BCUT2D eigenvalue weighted by Crippen LogP contribution is -2.31. The number of thiophene rings is 1. The molecular formula is C17H16FN5O2S3. The van der Waals surface area contributed by atoms with Gasteiger partial charge >= 0.3 is 0 Å². The van der Waals surface area contributed by atoms with Crippen LogP contribution in [0.25, 0.3) is 16.2 Å². The maximum absolute atomic E-state index is 13.0. The number of hydrogen-bond donors (Lipinski definition) is 1. The number of anilines is 1. The zero-order valence-electron chi connectivity index (χ0n) is 14.7. The second kappa shape index (κ2) is 7.59. The quantitative estimate of drug-likeness (QED) is 0.479. The highest BCUT2D eigenvalue weighted by Gasteiger charge is 2.21. The Kier molecular flexibility index (Phi) is 5.15. The number of rotatable bonds is 7. The fourth-order valence-corrected chi connectivity index (χ4v) is 5.72. The number of benzene rings is 1. The summed E-state index contributed by atoms with van der Waals surface area (Å²) < 4.78 is 41.1. The molecule has 0 radical (unpaired) electrons. The molecule has 11 heteroatoms. The van der Waals surface area contributed by atoms with Crippen molar-refractivity contribution in [3.8, 4) is 11.3 Å². The Labute approximate surface area is 169 Å². The summed E-state index contributed by atoms with van der Waals surface area (Å²) in [5.41, 5.74) is 1.53. The van der Waals surface area contributed by atoms with Gasteiger partial charge in [-0.25, -0.2) is 22.3 Å². The van der Waals surface area contributed by atoms with Gasteiger partial charge in [-0.2, -0.15) is 4.31 Å². The van der Waals surface area contributed by atoms with E-state index in [0.717, 1.165) is 5.56 Å². The number of halogens is 1. The first-order chi connectivity index (χ1) is 13.4. The lowest BCUT2D eigenvalue weighted by Gasteiger charge is -2.15. The van der Waals surface area contributed by atoms with Crippen molar-refractivity contribution in [2.24, 2.45) is 0 Å². The highest BCUT2D eigenvalue weighted by atomic mass is 32.2. The first kappa shape index (κ1) is 19.0. The van der Waals surface area contributed by atoms with Gasteiger partial charge in [-0.3, -0.25) is 0 Å². The standard InChI is InChI=1S/C17H16FN5O2S3/c1-22(28(24,25)15-3-2-10-26-15)9-8-19-16-21-23-11-14(20-17(23)27-16)12-4-6-13(18)7-5-12/h2-7,10-11H,8-9H2,1H3,(H,19,21). The van der Waals surface area contributed by atoms with E-state index in [9.17, 15) is 12.8 Å². The number of aromatic nitrogens is 3. The van der Waals surface area contributed by atoms with Gasteiger partial charge in [0.1, 0.15) is 10.0 Å². The van der Waals surface area contributed by atoms with Crippen molar-refractivity contribution < 1.29 is 12.8 Å². The zero-order chi connectivity index (χ0) is 19.7. The average molecular weight is 438 g/mol. The molecular weight excluding hydrogens is 421 g/mol. The Morgan fingerprint density at radius 3 is 2.71 bits per heavy atom. The van der Waals surface area contributed by atoms with Crippen LogP contribution in [0, 0.1) is 5.82 Å². The smallest absolute Gasteiger partial charge is 0.252 e. The second-order valence-corrected chi connectivity index (χ2v) is 10.1. The predicted molar refractivity (Wildman–Crippen MR) is 109 cm³/mol. The van der Waals surface area contributed by atoms with Gasteiger partial charge < -0.3 is 5.32 Å². The minimum Gasteiger partial charge on any atom is -0.359 e. The highest BCUT2D eigenvalue weighted by molar-refractivity contribution is 7.91. The van der Waals surface area contributed by atoms with E-state index < -0.39 is 10.0 Å². The fourth-order valence-electron chi connectivity index (χ4n) is 2.54. The van der Waals surface area contributed by atoms with Gasteiger partial charge in [0, 0.05) is 25.7 Å². The number of imidazole rings is 1. The van der Waals surface area contributed by atoms with Gasteiger partial charge in [0.05, 0.1) is 11.9 Å². The molecule has 0 fully saturated rings. The van der Waals surface area contributed by atoms with Crippen molar-refractivity contribution in [2.75, 3.05) is 25.5 Å². The van der Waals surface area contributed by atoms with Crippen LogP contribution in [0.15, 0.2) is 52.2 Å². The number of sulfonamides is 1. The summed E-state index contributed by atoms with van der Waals surface area (Å²) in [5.74, 6) is -0.291. The highest BCUT2D eigenvalue weighted by Crippen LogP contribution is 2.25. The fraction of sp³-hybridized carbons (Fsp3) is 0.176. The van der Waals surface area contributed by atoms with E-state index in [1.807, 2.05) is 0 Å². The van der Waals surface area contributed by atoms with Crippen LogP contribution in [0.1, 0.15) is 0 Å². The first-order valence-corrected chi connectivity index (χ1v) is 11.4. The van der Waals surface area contributed by atoms with Crippen LogP contribution in [-0.4, -0.2) is 47.5 Å². The lowest BCUT2D eigenvalue weighted by molar-refractivity contribution is 0.482. The van der Waals surface area contributed by atoms with Crippen LogP contribution in [0.3, 0.4) is 0 Å². The Morgan fingerprint density at radius 2 is 2.04 bits per heavy atom. The molecule has 4 rings (SSSR count). The number of nitrogens with one attached hydrogen (secondary N) is 1. The minimum atomic E-state index is -3.45.